The maximum Gasteiger partial charge on any atom is 0.170 e. The van der Waals surface area contributed by atoms with Crippen molar-refractivity contribution in [3.63, 3.8) is 0 Å². The Morgan fingerprint density at radius 2 is 2.47 bits per heavy atom. The molecule has 0 aromatic carbocycles. The highest BCUT2D eigenvalue weighted by Gasteiger charge is 2.12. The number of hydrogen-bond donors (Lipinski definition) is 0. The van der Waals surface area contributed by atoms with Crippen molar-refractivity contribution in [2.75, 3.05) is 7.11 Å². The number of rotatable bonds is 3. The molecule has 0 radical (unpaired) electrons. The molecule has 0 bridgehead atoms. The van der Waals surface area contributed by atoms with E-state index >= 15 is 0 Å². The summed E-state index contributed by atoms with van der Waals surface area (Å²) in [5.41, 5.74) is 1.66. The second-order valence-electron chi connectivity index (χ2n) is 3.04. The summed E-state index contributed by atoms with van der Waals surface area (Å²) < 4.78 is 6.77. The van der Waals surface area contributed by atoms with Gasteiger partial charge in [0.25, 0.3) is 0 Å². The van der Waals surface area contributed by atoms with Crippen LogP contribution in [0.2, 0.25) is 5.02 Å². The molecular weight excluding hydrogens is 216 g/mol. The van der Waals surface area contributed by atoms with Gasteiger partial charge in [0.05, 0.1) is 17.3 Å². The summed E-state index contributed by atoms with van der Waals surface area (Å²) in [6.07, 6.45) is 2.51. The van der Waals surface area contributed by atoms with Crippen LogP contribution in [0.15, 0.2) is 18.3 Å². The number of hydrogen-bond acceptors (Lipinski definition) is 3. The second-order valence-corrected chi connectivity index (χ2v) is 3.45. The first-order valence-corrected chi connectivity index (χ1v) is 4.75. The monoisotopic (exact) mass is 224 g/mol. The van der Waals surface area contributed by atoms with Gasteiger partial charge in [-0.25, -0.2) is 4.98 Å². The molecule has 0 amide bonds. The molecule has 0 saturated heterocycles. The number of nitrogens with zero attached hydrogens (tertiary/aromatic N) is 2. The van der Waals surface area contributed by atoms with E-state index in [9.17, 15) is 4.79 Å². The molecule has 0 aliphatic heterocycles. The van der Waals surface area contributed by atoms with E-state index in [1.807, 2.05) is 0 Å². The third kappa shape index (κ3) is 1.62. The van der Waals surface area contributed by atoms with Gasteiger partial charge in [-0.05, 0) is 12.1 Å². The van der Waals surface area contributed by atoms with Crippen molar-refractivity contribution in [1.82, 2.24) is 9.38 Å². The SMILES string of the molecule is COCc1c(C=O)nc2c(Cl)cccn12. The smallest absolute Gasteiger partial charge is 0.170 e. The van der Waals surface area contributed by atoms with E-state index in [2.05, 4.69) is 4.98 Å². The Labute approximate surface area is 91.4 Å². The highest BCUT2D eigenvalue weighted by Crippen LogP contribution is 2.19. The largest absolute Gasteiger partial charge is 0.378 e. The fraction of sp³-hybridized carbons (Fsp3) is 0.200. The number of carbonyl (C=O) groups excluding carboxylic acids is 1. The number of fused-ring (bicyclic) bond motifs is 1. The van der Waals surface area contributed by atoms with Crippen molar-refractivity contribution in [2.45, 2.75) is 6.61 Å². The summed E-state index contributed by atoms with van der Waals surface area (Å²) in [5.74, 6) is 0. The molecule has 2 aromatic rings. The summed E-state index contributed by atoms with van der Waals surface area (Å²) in [7, 11) is 1.57. The first-order chi connectivity index (χ1) is 7.27. The van der Waals surface area contributed by atoms with E-state index in [-0.39, 0.29) is 0 Å². The van der Waals surface area contributed by atoms with Gasteiger partial charge in [0.2, 0.25) is 0 Å². The van der Waals surface area contributed by atoms with Crippen LogP contribution in [0.5, 0.6) is 0 Å². The molecule has 0 N–H and O–H groups in total. The highest BCUT2D eigenvalue weighted by atomic mass is 35.5. The highest BCUT2D eigenvalue weighted by molar-refractivity contribution is 6.33. The molecule has 78 valence electrons. The summed E-state index contributed by atoms with van der Waals surface area (Å²) >= 11 is 5.96. The fourth-order valence-electron chi connectivity index (χ4n) is 1.48. The average molecular weight is 225 g/mol. The average Bonchev–Trinajstić information content (AvgIpc) is 2.59. The van der Waals surface area contributed by atoms with E-state index < -0.39 is 0 Å². The summed E-state index contributed by atoms with van der Waals surface area (Å²) in [6, 6.07) is 3.53. The van der Waals surface area contributed by atoms with Crippen LogP contribution in [-0.4, -0.2) is 22.8 Å². The Kier molecular flexibility index (Phi) is 2.70. The van der Waals surface area contributed by atoms with E-state index in [4.69, 9.17) is 16.3 Å². The third-order valence-electron chi connectivity index (χ3n) is 2.12. The van der Waals surface area contributed by atoms with Gasteiger partial charge in [-0.2, -0.15) is 0 Å². The Morgan fingerprint density at radius 1 is 1.67 bits per heavy atom. The number of carbonyl (C=O) groups is 1. The molecule has 2 rings (SSSR count). The van der Waals surface area contributed by atoms with Gasteiger partial charge in [0.1, 0.15) is 5.69 Å². The van der Waals surface area contributed by atoms with E-state index in [1.54, 1.807) is 29.8 Å². The first kappa shape index (κ1) is 10.1. The van der Waals surface area contributed by atoms with E-state index in [0.717, 1.165) is 0 Å². The minimum Gasteiger partial charge on any atom is -0.378 e. The molecule has 5 heteroatoms. The third-order valence-corrected chi connectivity index (χ3v) is 2.42. The summed E-state index contributed by atoms with van der Waals surface area (Å²) in [4.78, 5) is 14.9. The number of aldehydes is 1. The maximum atomic E-state index is 10.8. The lowest BCUT2D eigenvalue weighted by molar-refractivity contribution is 0.111. The van der Waals surface area contributed by atoms with Gasteiger partial charge in [-0.3, -0.25) is 9.20 Å². The van der Waals surface area contributed by atoms with Crippen LogP contribution in [0.1, 0.15) is 16.2 Å². The minimum atomic E-state index is 0.329. The number of halogens is 1. The number of pyridine rings is 1. The topological polar surface area (TPSA) is 43.6 Å². The van der Waals surface area contributed by atoms with Crippen LogP contribution in [-0.2, 0) is 11.3 Å². The van der Waals surface area contributed by atoms with Crippen LogP contribution in [0.25, 0.3) is 5.65 Å². The van der Waals surface area contributed by atoms with Crippen molar-refractivity contribution in [2.24, 2.45) is 0 Å². The number of aromatic nitrogens is 2. The number of ether oxygens (including phenoxy) is 1. The van der Waals surface area contributed by atoms with E-state index in [0.29, 0.717) is 35.0 Å². The molecular formula is C10H9ClN2O2. The normalized spacial score (nSPS) is 10.8. The van der Waals surface area contributed by atoms with Crippen LogP contribution in [0, 0.1) is 0 Å². The van der Waals surface area contributed by atoms with Crippen LogP contribution in [0.4, 0.5) is 0 Å². The number of methoxy groups -OCH3 is 1. The second kappa shape index (κ2) is 4.00. The minimum absolute atomic E-state index is 0.329. The zero-order chi connectivity index (χ0) is 10.8. The van der Waals surface area contributed by atoms with Gasteiger partial charge >= 0.3 is 0 Å². The van der Waals surface area contributed by atoms with Gasteiger partial charge in [-0.1, -0.05) is 11.6 Å². The quantitative estimate of drug-likeness (QED) is 0.749. The van der Waals surface area contributed by atoms with Crippen molar-refractivity contribution < 1.29 is 9.53 Å². The van der Waals surface area contributed by atoms with Gasteiger partial charge in [0, 0.05) is 13.3 Å². The lowest BCUT2D eigenvalue weighted by atomic mass is 10.3. The first-order valence-electron chi connectivity index (χ1n) is 4.37. The zero-order valence-electron chi connectivity index (χ0n) is 8.11. The van der Waals surface area contributed by atoms with Gasteiger partial charge in [-0.15, -0.1) is 0 Å². The Balaban J connectivity index is 2.74. The predicted octanol–water partition coefficient (Wildman–Crippen LogP) is 1.95. The van der Waals surface area contributed by atoms with Crippen LogP contribution in [0.3, 0.4) is 0 Å². The summed E-state index contributed by atoms with van der Waals surface area (Å²) in [6.45, 7) is 0.329. The van der Waals surface area contributed by atoms with E-state index in [1.165, 1.54) is 0 Å². The van der Waals surface area contributed by atoms with Crippen molar-refractivity contribution >= 4 is 23.5 Å². The zero-order valence-corrected chi connectivity index (χ0v) is 8.86. The maximum absolute atomic E-state index is 10.8. The molecule has 2 heterocycles. The Hall–Kier alpha value is -1.39. The van der Waals surface area contributed by atoms with Crippen LogP contribution >= 0.6 is 11.6 Å². The van der Waals surface area contributed by atoms with Crippen molar-refractivity contribution in [3.05, 3.63) is 34.7 Å². The molecule has 0 spiro atoms. The Bertz CT molecular complexity index is 507. The fourth-order valence-corrected chi connectivity index (χ4v) is 1.68. The molecule has 0 unspecified atom stereocenters. The molecule has 2 aromatic heterocycles. The molecule has 0 aliphatic rings. The van der Waals surface area contributed by atoms with Gasteiger partial charge in [0.15, 0.2) is 11.9 Å². The molecule has 0 saturated carbocycles. The lowest BCUT2D eigenvalue weighted by Crippen LogP contribution is -1.97. The predicted molar refractivity (Wildman–Crippen MR) is 56.3 cm³/mol. The van der Waals surface area contributed by atoms with Crippen molar-refractivity contribution in [3.8, 4) is 0 Å². The molecule has 15 heavy (non-hydrogen) atoms. The lowest BCUT2D eigenvalue weighted by Gasteiger charge is -2.00. The standard InChI is InChI=1S/C10H9ClN2O2/c1-15-6-9-8(5-14)12-10-7(11)3-2-4-13(9)10/h2-5H,6H2,1H3. The molecule has 0 atom stereocenters. The molecule has 0 fully saturated rings. The Morgan fingerprint density at radius 3 is 3.13 bits per heavy atom. The molecule has 4 nitrogen and oxygen atoms in total. The molecule has 0 aliphatic carbocycles. The number of imidazole rings is 1. The van der Waals surface area contributed by atoms with Crippen LogP contribution < -0.4 is 0 Å². The summed E-state index contributed by atoms with van der Waals surface area (Å²) in [5, 5.41) is 0.517. The van der Waals surface area contributed by atoms with Crippen molar-refractivity contribution in [1.29, 1.82) is 0 Å². The van der Waals surface area contributed by atoms with Gasteiger partial charge < -0.3 is 4.74 Å².